The third-order valence-corrected chi connectivity index (χ3v) is 3.32. The SMILES string of the molecule is Nc1ccc(CN2CCC(C(=O)O)CC2)cc1.O=S(=O)(O)O. The molecule has 2 rings (SSSR count). The number of likely N-dealkylation sites (tertiary alicyclic amines) is 1. The van der Waals surface area contributed by atoms with Crippen LogP contribution in [0.25, 0.3) is 0 Å². The van der Waals surface area contributed by atoms with E-state index in [1.807, 2.05) is 24.3 Å². The zero-order valence-electron chi connectivity index (χ0n) is 11.9. The molecular formula is C13H20N2O6S. The lowest BCUT2D eigenvalue weighted by atomic mass is 9.97. The molecule has 0 spiro atoms. The van der Waals surface area contributed by atoms with Crippen molar-refractivity contribution >= 4 is 22.1 Å². The van der Waals surface area contributed by atoms with Crippen LogP contribution in [0.15, 0.2) is 24.3 Å². The highest BCUT2D eigenvalue weighted by Crippen LogP contribution is 2.19. The Kier molecular flexibility index (Phi) is 6.75. The zero-order valence-corrected chi connectivity index (χ0v) is 12.7. The predicted molar refractivity (Wildman–Crippen MR) is 80.7 cm³/mol. The second-order valence-corrected chi connectivity index (χ2v) is 5.97. The maximum absolute atomic E-state index is 10.8. The molecule has 0 bridgehead atoms. The molecule has 0 aliphatic carbocycles. The molecule has 1 aliphatic rings. The monoisotopic (exact) mass is 332 g/mol. The van der Waals surface area contributed by atoms with Crippen molar-refractivity contribution in [1.82, 2.24) is 4.90 Å². The molecule has 0 saturated carbocycles. The van der Waals surface area contributed by atoms with Gasteiger partial charge < -0.3 is 10.8 Å². The summed E-state index contributed by atoms with van der Waals surface area (Å²) < 4.78 is 31.6. The third kappa shape index (κ3) is 7.93. The van der Waals surface area contributed by atoms with Crippen LogP contribution in [0.2, 0.25) is 0 Å². The Balaban J connectivity index is 0.000000422. The van der Waals surface area contributed by atoms with Gasteiger partial charge in [0.2, 0.25) is 0 Å². The van der Waals surface area contributed by atoms with Gasteiger partial charge in [0.1, 0.15) is 0 Å². The van der Waals surface area contributed by atoms with Gasteiger partial charge in [0, 0.05) is 12.2 Å². The Morgan fingerprint density at radius 2 is 1.64 bits per heavy atom. The molecule has 124 valence electrons. The van der Waals surface area contributed by atoms with Gasteiger partial charge in [0.05, 0.1) is 5.92 Å². The largest absolute Gasteiger partial charge is 0.481 e. The topological polar surface area (TPSA) is 141 Å². The van der Waals surface area contributed by atoms with Gasteiger partial charge in [-0.3, -0.25) is 18.8 Å². The molecule has 1 heterocycles. The molecule has 0 unspecified atom stereocenters. The van der Waals surface area contributed by atoms with E-state index in [4.69, 9.17) is 28.4 Å². The Bertz CT molecular complexity index is 571. The minimum Gasteiger partial charge on any atom is -0.481 e. The van der Waals surface area contributed by atoms with Crippen LogP contribution in [-0.2, 0) is 21.7 Å². The molecule has 22 heavy (non-hydrogen) atoms. The van der Waals surface area contributed by atoms with Crippen LogP contribution in [0.1, 0.15) is 18.4 Å². The number of benzene rings is 1. The zero-order chi connectivity index (χ0) is 16.8. The summed E-state index contributed by atoms with van der Waals surface area (Å²) in [6.07, 6.45) is 1.51. The first-order chi connectivity index (χ1) is 10.1. The van der Waals surface area contributed by atoms with Gasteiger partial charge in [-0.05, 0) is 43.6 Å². The van der Waals surface area contributed by atoms with Gasteiger partial charge in [-0.15, -0.1) is 0 Å². The smallest absolute Gasteiger partial charge is 0.394 e. The van der Waals surface area contributed by atoms with Gasteiger partial charge in [0.25, 0.3) is 0 Å². The summed E-state index contributed by atoms with van der Waals surface area (Å²) in [5, 5.41) is 8.91. The molecule has 5 N–H and O–H groups in total. The number of anilines is 1. The highest BCUT2D eigenvalue weighted by Gasteiger charge is 2.24. The lowest BCUT2D eigenvalue weighted by molar-refractivity contribution is -0.143. The van der Waals surface area contributed by atoms with Gasteiger partial charge in [-0.2, -0.15) is 8.42 Å². The lowest BCUT2D eigenvalue weighted by Gasteiger charge is -2.29. The van der Waals surface area contributed by atoms with E-state index in [1.54, 1.807) is 0 Å². The summed E-state index contributed by atoms with van der Waals surface area (Å²) in [5.41, 5.74) is 7.64. The van der Waals surface area contributed by atoms with E-state index in [0.29, 0.717) is 0 Å². The number of carboxylic acids is 1. The highest BCUT2D eigenvalue weighted by molar-refractivity contribution is 7.79. The molecule has 1 aliphatic heterocycles. The number of aliphatic carboxylic acids is 1. The second kappa shape index (κ2) is 8.08. The van der Waals surface area contributed by atoms with Crippen LogP contribution in [0.4, 0.5) is 5.69 Å². The van der Waals surface area contributed by atoms with E-state index in [-0.39, 0.29) is 5.92 Å². The quantitative estimate of drug-likeness (QED) is 0.473. The first-order valence-corrected chi connectivity index (χ1v) is 8.04. The van der Waals surface area contributed by atoms with Crippen LogP contribution in [0.5, 0.6) is 0 Å². The molecule has 0 aromatic heterocycles. The van der Waals surface area contributed by atoms with Crippen molar-refractivity contribution in [2.75, 3.05) is 18.8 Å². The predicted octanol–water partition coefficient (Wildman–Crippen LogP) is 0.913. The first-order valence-electron chi connectivity index (χ1n) is 6.64. The maximum Gasteiger partial charge on any atom is 0.394 e. The van der Waals surface area contributed by atoms with E-state index in [9.17, 15) is 4.79 Å². The summed E-state index contributed by atoms with van der Waals surface area (Å²) >= 11 is 0. The number of piperidine rings is 1. The standard InChI is InChI=1S/C13H18N2O2.H2O4S/c14-12-3-1-10(2-4-12)9-15-7-5-11(6-8-15)13(16)17;1-5(2,3)4/h1-4,11H,5-9,14H2,(H,16,17);(H2,1,2,3,4). The second-order valence-electron chi connectivity index (χ2n) is 5.08. The number of carbonyl (C=O) groups is 1. The average molecular weight is 332 g/mol. The fourth-order valence-electron chi connectivity index (χ4n) is 2.22. The molecule has 0 amide bonds. The van der Waals surface area contributed by atoms with Crippen molar-refractivity contribution in [3.05, 3.63) is 29.8 Å². The minimum atomic E-state index is -4.67. The lowest BCUT2D eigenvalue weighted by Crippen LogP contribution is -2.35. The van der Waals surface area contributed by atoms with Gasteiger partial charge >= 0.3 is 16.4 Å². The fraction of sp³-hybridized carbons (Fsp3) is 0.462. The Hall–Kier alpha value is -1.68. The summed E-state index contributed by atoms with van der Waals surface area (Å²) in [6, 6.07) is 7.86. The Morgan fingerprint density at radius 3 is 2.05 bits per heavy atom. The van der Waals surface area contributed by atoms with Crippen molar-refractivity contribution in [3.8, 4) is 0 Å². The van der Waals surface area contributed by atoms with E-state index in [1.165, 1.54) is 5.56 Å². The van der Waals surface area contributed by atoms with Crippen LogP contribution >= 0.6 is 0 Å². The van der Waals surface area contributed by atoms with Crippen LogP contribution in [-0.4, -0.2) is 46.6 Å². The molecule has 1 aromatic rings. The number of nitrogens with two attached hydrogens (primary N) is 1. The van der Waals surface area contributed by atoms with Crippen molar-refractivity contribution < 1.29 is 27.4 Å². The number of rotatable bonds is 3. The van der Waals surface area contributed by atoms with E-state index in [2.05, 4.69) is 4.90 Å². The Morgan fingerprint density at radius 1 is 1.18 bits per heavy atom. The summed E-state index contributed by atoms with van der Waals surface area (Å²) in [7, 11) is -4.67. The van der Waals surface area contributed by atoms with Crippen LogP contribution in [0, 0.1) is 5.92 Å². The van der Waals surface area contributed by atoms with E-state index in [0.717, 1.165) is 38.2 Å². The van der Waals surface area contributed by atoms with Crippen LogP contribution < -0.4 is 5.73 Å². The number of nitrogens with zero attached hydrogens (tertiary/aromatic N) is 1. The maximum atomic E-state index is 10.8. The molecule has 0 radical (unpaired) electrons. The fourth-order valence-corrected chi connectivity index (χ4v) is 2.22. The van der Waals surface area contributed by atoms with Crippen molar-refractivity contribution in [2.45, 2.75) is 19.4 Å². The molecular weight excluding hydrogens is 312 g/mol. The number of hydrogen-bond acceptors (Lipinski definition) is 5. The molecule has 1 fully saturated rings. The normalized spacial score (nSPS) is 16.6. The van der Waals surface area contributed by atoms with Crippen LogP contribution in [0.3, 0.4) is 0 Å². The number of carboxylic acid groups (broad SMARTS) is 1. The number of hydrogen-bond donors (Lipinski definition) is 4. The summed E-state index contributed by atoms with van der Waals surface area (Å²) in [4.78, 5) is 13.1. The van der Waals surface area contributed by atoms with E-state index < -0.39 is 16.4 Å². The third-order valence-electron chi connectivity index (χ3n) is 3.32. The van der Waals surface area contributed by atoms with E-state index >= 15 is 0 Å². The summed E-state index contributed by atoms with van der Waals surface area (Å²) in [5.74, 6) is -0.810. The van der Waals surface area contributed by atoms with Crippen molar-refractivity contribution in [2.24, 2.45) is 5.92 Å². The average Bonchev–Trinajstić information content (AvgIpc) is 2.40. The highest BCUT2D eigenvalue weighted by atomic mass is 32.3. The summed E-state index contributed by atoms with van der Waals surface area (Å²) in [6.45, 7) is 2.61. The van der Waals surface area contributed by atoms with Crippen molar-refractivity contribution in [3.63, 3.8) is 0 Å². The van der Waals surface area contributed by atoms with Gasteiger partial charge in [-0.1, -0.05) is 12.1 Å². The molecule has 9 heteroatoms. The number of nitrogen functional groups attached to an aromatic ring is 1. The molecule has 0 atom stereocenters. The Labute approximate surface area is 129 Å². The minimum absolute atomic E-state index is 0.155. The van der Waals surface area contributed by atoms with Gasteiger partial charge in [0.15, 0.2) is 0 Å². The molecule has 1 saturated heterocycles. The first kappa shape index (κ1) is 18.4. The van der Waals surface area contributed by atoms with Crippen molar-refractivity contribution in [1.29, 1.82) is 0 Å². The molecule has 8 nitrogen and oxygen atoms in total. The van der Waals surface area contributed by atoms with Gasteiger partial charge in [-0.25, -0.2) is 0 Å². The molecule has 1 aromatic carbocycles.